The quantitative estimate of drug-likeness (QED) is 0.239. The summed E-state index contributed by atoms with van der Waals surface area (Å²) in [6, 6.07) is 41.0. The van der Waals surface area contributed by atoms with Gasteiger partial charge in [0.25, 0.3) is 0 Å². The molecule has 0 saturated carbocycles. The molecule has 174 valence electrons. The summed E-state index contributed by atoms with van der Waals surface area (Å²) in [5, 5.41) is 4.58. The van der Waals surface area contributed by atoms with E-state index in [1.54, 1.807) is 0 Å². The standard InChI is InChI=1S/C33H21F3/c34-33(35,36)32-17-15-25(16-18-32)30-14-11-26-10-13-29(20-31(26)21-30)24-7-5-23(6-8-24)28-12-9-22-3-1-2-4-27(22)19-28/h1-21H. The van der Waals surface area contributed by atoms with Crippen LogP contribution in [0.2, 0.25) is 0 Å². The molecular weight excluding hydrogens is 453 g/mol. The first kappa shape index (κ1) is 22.1. The summed E-state index contributed by atoms with van der Waals surface area (Å²) in [5.74, 6) is 0. The van der Waals surface area contributed by atoms with E-state index >= 15 is 0 Å². The van der Waals surface area contributed by atoms with E-state index in [0.717, 1.165) is 50.7 Å². The van der Waals surface area contributed by atoms with Gasteiger partial charge in [-0.1, -0.05) is 97.1 Å². The number of halogens is 3. The topological polar surface area (TPSA) is 0 Å². The second kappa shape index (κ2) is 8.69. The molecule has 6 aromatic rings. The molecule has 36 heavy (non-hydrogen) atoms. The van der Waals surface area contributed by atoms with Crippen LogP contribution in [-0.4, -0.2) is 0 Å². The summed E-state index contributed by atoms with van der Waals surface area (Å²) in [4.78, 5) is 0. The first-order chi connectivity index (χ1) is 17.4. The van der Waals surface area contributed by atoms with E-state index < -0.39 is 11.7 Å². The van der Waals surface area contributed by atoms with E-state index in [-0.39, 0.29) is 0 Å². The minimum atomic E-state index is -4.33. The highest BCUT2D eigenvalue weighted by atomic mass is 19.4. The molecule has 0 atom stereocenters. The maximum Gasteiger partial charge on any atom is 0.416 e. The number of hydrogen-bond donors (Lipinski definition) is 0. The van der Waals surface area contributed by atoms with E-state index in [4.69, 9.17) is 0 Å². The third kappa shape index (κ3) is 4.25. The Morgan fingerprint density at radius 1 is 0.333 bits per heavy atom. The van der Waals surface area contributed by atoms with E-state index in [1.807, 2.05) is 24.3 Å². The molecule has 0 aliphatic heterocycles. The van der Waals surface area contributed by atoms with Gasteiger partial charge in [0.15, 0.2) is 0 Å². The van der Waals surface area contributed by atoms with Crippen molar-refractivity contribution in [2.24, 2.45) is 0 Å². The van der Waals surface area contributed by atoms with Crippen LogP contribution in [0.4, 0.5) is 13.2 Å². The highest BCUT2D eigenvalue weighted by molar-refractivity contribution is 5.91. The number of hydrogen-bond acceptors (Lipinski definition) is 0. The zero-order chi connectivity index (χ0) is 24.7. The lowest BCUT2D eigenvalue weighted by Crippen LogP contribution is -2.03. The third-order valence-electron chi connectivity index (χ3n) is 6.69. The highest BCUT2D eigenvalue weighted by Crippen LogP contribution is 2.33. The Bertz CT molecular complexity index is 1690. The smallest absolute Gasteiger partial charge is 0.166 e. The Balaban J connectivity index is 1.31. The first-order valence-corrected chi connectivity index (χ1v) is 11.8. The fraction of sp³-hybridized carbons (Fsp3) is 0.0303. The molecule has 3 heteroatoms. The van der Waals surface area contributed by atoms with Gasteiger partial charge in [0, 0.05) is 0 Å². The van der Waals surface area contributed by atoms with Crippen molar-refractivity contribution in [2.75, 3.05) is 0 Å². The molecule has 0 nitrogen and oxygen atoms in total. The van der Waals surface area contributed by atoms with Gasteiger partial charge in [-0.3, -0.25) is 0 Å². The van der Waals surface area contributed by atoms with Crippen LogP contribution in [0.5, 0.6) is 0 Å². The molecule has 6 rings (SSSR count). The van der Waals surface area contributed by atoms with Crippen molar-refractivity contribution in [3.05, 3.63) is 133 Å². The Labute approximate surface area is 207 Å². The Morgan fingerprint density at radius 2 is 0.694 bits per heavy atom. The molecule has 0 N–H and O–H groups in total. The van der Waals surface area contributed by atoms with Crippen LogP contribution in [0, 0.1) is 0 Å². The number of alkyl halides is 3. The van der Waals surface area contributed by atoms with Crippen LogP contribution >= 0.6 is 0 Å². The third-order valence-corrected chi connectivity index (χ3v) is 6.69. The first-order valence-electron chi connectivity index (χ1n) is 11.8. The Morgan fingerprint density at radius 3 is 1.17 bits per heavy atom. The van der Waals surface area contributed by atoms with Crippen molar-refractivity contribution in [2.45, 2.75) is 6.18 Å². The minimum absolute atomic E-state index is 0.638. The van der Waals surface area contributed by atoms with Gasteiger partial charge in [-0.05, 0) is 85.3 Å². The number of benzene rings is 6. The predicted molar refractivity (Wildman–Crippen MR) is 143 cm³/mol. The minimum Gasteiger partial charge on any atom is -0.166 e. The summed E-state index contributed by atoms with van der Waals surface area (Å²) in [6.45, 7) is 0. The van der Waals surface area contributed by atoms with Crippen molar-refractivity contribution in [1.82, 2.24) is 0 Å². The maximum atomic E-state index is 12.9. The Kier molecular flexibility index (Phi) is 5.34. The second-order valence-electron chi connectivity index (χ2n) is 8.99. The molecule has 0 bridgehead atoms. The molecule has 0 aromatic heterocycles. The Hall–Kier alpha value is -4.37. The molecule has 0 unspecified atom stereocenters. The highest BCUT2D eigenvalue weighted by Gasteiger charge is 2.29. The summed E-state index contributed by atoms with van der Waals surface area (Å²) in [5.41, 5.74) is 5.56. The zero-order valence-corrected chi connectivity index (χ0v) is 19.3. The fourth-order valence-electron chi connectivity index (χ4n) is 4.68. The van der Waals surface area contributed by atoms with Gasteiger partial charge >= 0.3 is 6.18 Å². The van der Waals surface area contributed by atoms with Crippen LogP contribution < -0.4 is 0 Å². The molecule has 0 radical (unpaired) electrons. The fourth-order valence-corrected chi connectivity index (χ4v) is 4.68. The van der Waals surface area contributed by atoms with Crippen molar-refractivity contribution < 1.29 is 13.2 Å². The van der Waals surface area contributed by atoms with Gasteiger partial charge in [-0.15, -0.1) is 0 Å². The second-order valence-corrected chi connectivity index (χ2v) is 8.99. The van der Waals surface area contributed by atoms with Gasteiger partial charge in [0.2, 0.25) is 0 Å². The molecular formula is C33H21F3. The lowest BCUT2D eigenvalue weighted by molar-refractivity contribution is -0.137. The van der Waals surface area contributed by atoms with Crippen molar-refractivity contribution in [3.8, 4) is 33.4 Å². The van der Waals surface area contributed by atoms with Crippen LogP contribution in [0.1, 0.15) is 5.56 Å². The lowest BCUT2D eigenvalue weighted by atomic mass is 9.95. The van der Waals surface area contributed by atoms with Gasteiger partial charge in [0.05, 0.1) is 5.56 Å². The monoisotopic (exact) mass is 474 g/mol. The van der Waals surface area contributed by atoms with Gasteiger partial charge < -0.3 is 0 Å². The van der Waals surface area contributed by atoms with Crippen LogP contribution in [0.25, 0.3) is 54.9 Å². The van der Waals surface area contributed by atoms with E-state index in [1.165, 1.54) is 28.5 Å². The predicted octanol–water partition coefficient (Wildman–Crippen LogP) is 10.0. The molecule has 0 spiro atoms. The van der Waals surface area contributed by atoms with Crippen LogP contribution in [0.3, 0.4) is 0 Å². The van der Waals surface area contributed by atoms with Crippen molar-refractivity contribution in [1.29, 1.82) is 0 Å². The van der Waals surface area contributed by atoms with E-state index in [2.05, 4.69) is 78.9 Å². The average Bonchev–Trinajstić information content (AvgIpc) is 2.92. The van der Waals surface area contributed by atoms with E-state index in [9.17, 15) is 13.2 Å². The van der Waals surface area contributed by atoms with Crippen LogP contribution in [-0.2, 0) is 6.18 Å². The van der Waals surface area contributed by atoms with E-state index in [0.29, 0.717) is 0 Å². The summed E-state index contributed by atoms with van der Waals surface area (Å²) in [7, 11) is 0. The van der Waals surface area contributed by atoms with Crippen LogP contribution in [0.15, 0.2) is 127 Å². The summed E-state index contributed by atoms with van der Waals surface area (Å²) < 4.78 is 38.8. The zero-order valence-electron chi connectivity index (χ0n) is 19.3. The molecule has 0 fully saturated rings. The number of rotatable bonds is 3. The molecule has 0 aliphatic rings. The lowest BCUT2D eigenvalue weighted by Gasteiger charge is -2.10. The molecule has 0 amide bonds. The summed E-state index contributed by atoms with van der Waals surface area (Å²) in [6.07, 6.45) is -4.33. The normalized spacial score (nSPS) is 11.8. The number of fused-ring (bicyclic) bond motifs is 2. The average molecular weight is 475 g/mol. The molecule has 0 aliphatic carbocycles. The van der Waals surface area contributed by atoms with Crippen molar-refractivity contribution >= 4 is 21.5 Å². The molecule has 0 saturated heterocycles. The molecule has 6 aromatic carbocycles. The van der Waals surface area contributed by atoms with Gasteiger partial charge in [-0.25, -0.2) is 0 Å². The largest absolute Gasteiger partial charge is 0.416 e. The SMILES string of the molecule is FC(F)(F)c1ccc(-c2ccc3ccc(-c4ccc(-c5ccc6ccccc6c5)cc4)cc3c2)cc1. The summed E-state index contributed by atoms with van der Waals surface area (Å²) >= 11 is 0. The molecule has 0 heterocycles. The van der Waals surface area contributed by atoms with Gasteiger partial charge in [-0.2, -0.15) is 13.2 Å². The maximum absolute atomic E-state index is 12.9. The van der Waals surface area contributed by atoms with Crippen molar-refractivity contribution in [3.63, 3.8) is 0 Å². The van der Waals surface area contributed by atoms with Gasteiger partial charge in [0.1, 0.15) is 0 Å².